The summed E-state index contributed by atoms with van der Waals surface area (Å²) >= 11 is 6.02. The molecule has 0 saturated heterocycles. The van der Waals surface area contributed by atoms with Gasteiger partial charge in [-0.3, -0.25) is 9.59 Å². The number of hydrogen-bond donors (Lipinski definition) is 1. The predicted octanol–water partition coefficient (Wildman–Crippen LogP) is 5.19. The molecule has 2 heterocycles. The Hall–Kier alpha value is -4.90. The van der Waals surface area contributed by atoms with Crippen molar-refractivity contribution < 1.29 is 23.5 Å². The lowest BCUT2D eigenvalue weighted by Crippen LogP contribution is -2.44. The highest BCUT2D eigenvalue weighted by Crippen LogP contribution is 2.32. The number of hydrogen-bond acceptors (Lipinski definition) is 7. The Labute approximate surface area is 252 Å². The molecular weight excluding hydrogens is 575 g/mol. The van der Waals surface area contributed by atoms with Gasteiger partial charge >= 0.3 is 5.97 Å². The lowest BCUT2D eigenvalue weighted by Gasteiger charge is -2.35. The largest absolute Gasteiger partial charge is 0.456 e. The van der Waals surface area contributed by atoms with E-state index in [1.54, 1.807) is 57.2 Å². The van der Waals surface area contributed by atoms with Crippen LogP contribution in [0, 0.1) is 5.82 Å². The molecule has 1 unspecified atom stereocenters. The minimum atomic E-state index is -0.962. The number of nitrogens with one attached hydrogen (secondary N) is 1. The predicted molar refractivity (Wildman–Crippen MR) is 158 cm³/mol. The Balaban J connectivity index is 1.41. The van der Waals surface area contributed by atoms with Crippen molar-refractivity contribution in [3.63, 3.8) is 0 Å². The van der Waals surface area contributed by atoms with Crippen molar-refractivity contribution in [2.45, 2.75) is 38.8 Å². The van der Waals surface area contributed by atoms with Crippen LogP contribution in [0.4, 0.5) is 10.1 Å². The zero-order valence-corrected chi connectivity index (χ0v) is 24.4. The molecule has 43 heavy (non-hydrogen) atoms. The fourth-order valence-electron chi connectivity index (χ4n) is 4.76. The molecule has 1 aliphatic rings. The van der Waals surface area contributed by atoms with Crippen molar-refractivity contribution >= 4 is 41.1 Å². The number of tetrazole rings is 1. The van der Waals surface area contributed by atoms with Gasteiger partial charge in [0.25, 0.3) is 5.91 Å². The number of amides is 2. The summed E-state index contributed by atoms with van der Waals surface area (Å²) in [6.07, 6.45) is 4.33. The van der Waals surface area contributed by atoms with Crippen LogP contribution in [0.25, 0.3) is 11.8 Å². The summed E-state index contributed by atoms with van der Waals surface area (Å²) in [6, 6.07) is 15.7. The van der Waals surface area contributed by atoms with Crippen LogP contribution < -0.4 is 5.32 Å². The molecular formula is C31H28ClFN6O4. The van der Waals surface area contributed by atoms with E-state index in [2.05, 4.69) is 20.8 Å². The Bertz CT molecular complexity index is 1700. The van der Waals surface area contributed by atoms with Crippen LogP contribution in [0.5, 0.6) is 0 Å². The topological polar surface area (TPSA) is 119 Å². The minimum Gasteiger partial charge on any atom is -0.456 e. The number of anilines is 1. The van der Waals surface area contributed by atoms with Gasteiger partial charge in [-0.15, -0.1) is 5.10 Å². The first-order valence-corrected chi connectivity index (χ1v) is 13.8. The van der Waals surface area contributed by atoms with Gasteiger partial charge in [0.2, 0.25) is 5.91 Å². The summed E-state index contributed by atoms with van der Waals surface area (Å²) in [6.45, 7) is 5.60. The van der Waals surface area contributed by atoms with E-state index in [-0.39, 0.29) is 22.8 Å². The summed E-state index contributed by atoms with van der Waals surface area (Å²) in [5.74, 6) is -2.17. The Kier molecular flexibility index (Phi) is 8.36. The van der Waals surface area contributed by atoms with Gasteiger partial charge in [-0.1, -0.05) is 35.9 Å². The minimum absolute atomic E-state index is 0.0108. The Morgan fingerprint density at radius 2 is 1.81 bits per heavy atom. The van der Waals surface area contributed by atoms with Gasteiger partial charge in [-0.2, -0.15) is 4.68 Å². The van der Waals surface area contributed by atoms with Gasteiger partial charge in [0, 0.05) is 23.9 Å². The summed E-state index contributed by atoms with van der Waals surface area (Å²) in [4.78, 5) is 41.1. The monoisotopic (exact) mass is 602 g/mol. The highest BCUT2D eigenvalue weighted by Gasteiger charge is 2.35. The molecule has 0 spiro atoms. The molecule has 220 valence electrons. The number of carbonyl (C=O) groups is 3. The maximum Gasteiger partial charge on any atom is 0.338 e. The average molecular weight is 603 g/mol. The molecule has 4 aromatic rings. The molecule has 12 heteroatoms. The molecule has 1 atom stereocenters. The highest BCUT2D eigenvalue weighted by atomic mass is 35.5. The first-order chi connectivity index (χ1) is 20.5. The molecule has 0 fully saturated rings. The first kappa shape index (κ1) is 29.6. The van der Waals surface area contributed by atoms with Crippen LogP contribution in [0.2, 0.25) is 5.02 Å². The normalized spacial score (nSPS) is 14.8. The van der Waals surface area contributed by atoms with Gasteiger partial charge in [-0.05, 0) is 91.2 Å². The van der Waals surface area contributed by atoms with Crippen LogP contribution in [0.1, 0.15) is 53.9 Å². The van der Waals surface area contributed by atoms with Crippen LogP contribution >= 0.6 is 11.6 Å². The maximum absolute atomic E-state index is 15.1. The molecule has 1 aliphatic heterocycles. The maximum atomic E-state index is 15.1. The van der Waals surface area contributed by atoms with Gasteiger partial charge in [0.05, 0.1) is 16.3 Å². The number of nitrogens with zero attached hydrogens (tertiary/aromatic N) is 5. The highest BCUT2D eigenvalue weighted by molar-refractivity contribution is 6.31. The van der Waals surface area contributed by atoms with Crippen molar-refractivity contribution in [2.24, 2.45) is 0 Å². The second-order valence-electron chi connectivity index (χ2n) is 10.8. The number of rotatable bonds is 6. The standard InChI is InChI=1S/C31H28ClFN6O4/c1-31(2,3)43-30(42)20-8-10-21(11-9-20)35-29(41)28-22-7-5-4-6-19(22)16-17-38(28)26(40)15-12-23-25(39-18-34-36-37-39)14-13-24(32)27(23)33/h4-15,18,28H,16-17H2,1-3H3,(H,35,41). The number of fused-ring (bicyclic) bond motifs is 1. The second-order valence-corrected chi connectivity index (χ2v) is 11.2. The van der Waals surface area contributed by atoms with Crippen molar-refractivity contribution in [2.75, 3.05) is 11.9 Å². The van der Waals surface area contributed by atoms with E-state index in [1.165, 1.54) is 40.2 Å². The summed E-state index contributed by atoms with van der Waals surface area (Å²) in [5.41, 5.74) is 2.05. The van der Waals surface area contributed by atoms with Crippen LogP contribution in [-0.4, -0.2) is 55.0 Å². The molecule has 2 amide bonds. The fraction of sp³-hybridized carbons (Fsp3) is 0.226. The SMILES string of the molecule is CC(C)(C)OC(=O)c1ccc(NC(=O)C2c3ccccc3CCN2C(=O)C=Cc2c(-n3cnnn3)ccc(Cl)c2F)cc1. The summed E-state index contributed by atoms with van der Waals surface area (Å²) in [5, 5.41) is 13.7. The fourth-order valence-corrected chi connectivity index (χ4v) is 4.93. The van der Waals surface area contributed by atoms with Crippen molar-refractivity contribution in [3.8, 4) is 5.69 Å². The van der Waals surface area contributed by atoms with Crippen molar-refractivity contribution in [1.29, 1.82) is 0 Å². The molecule has 3 aromatic carbocycles. The van der Waals surface area contributed by atoms with Gasteiger partial charge in [0.1, 0.15) is 18.0 Å². The number of halogens is 2. The lowest BCUT2D eigenvalue weighted by atomic mass is 9.91. The van der Waals surface area contributed by atoms with Crippen LogP contribution in [-0.2, 0) is 20.7 Å². The third-order valence-corrected chi connectivity index (χ3v) is 6.99. The molecule has 10 nitrogen and oxygen atoms in total. The van der Waals surface area contributed by atoms with E-state index in [0.717, 1.165) is 5.56 Å². The lowest BCUT2D eigenvalue weighted by molar-refractivity contribution is -0.135. The van der Waals surface area contributed by atoms with E-state index in [9.17, 15) is 14.4 Å². The van der Waals surface area contributed by atoms with Crippen LogP contribution in [0.3, 0.4) is 0 Å². The van der Waals surface area contributed by atoms with Gasteiger partial charge in [-0.25, -0.2) is 9.18 Å². The molecule has 5 rings (SSSR count). The summed E-state index contributed by atoms with van der Waals surface area (Å²) in [7, 11) is 0. The number of esters is 1. The van der Waals surface area contributed by atoms with Gasteiger partial charge in [0.15, 0.2) is 5.82 Å². The average Bonchev–Trinajstić information content (AvgIpc) is 3.51. The van der Waals surface area contributed by atoms with E-state index in [4.69, 9.17) is 16.3 Å². The summed E-state index contributed by atoms with van der Waals surface area (Å²) < 4.78 is 21.7. The zero-order chi connectivity index (χ0) is 30.7. The Morgan fingerprint density at radius 1 is 1.07 bits per heavy atom. The Morgan fingerprint density at radius 3 is 2.51 bits per heavy atom. The number of benzene rings is 3. The molecule has 0 saturated carbocycles. The van der Waals surface area contributed by atoms with Gasteiger partial charge < -0.3 is 15.0 Å². The zero-order valence-electron chi connectivity index (χ0n) is 23.6. The third-order valence-electron chi connectivity index (χ3n) is 6.70. The van der Waals surface area contributed by atoms with E-state index in [1.807, 2.05) is 12.1 Å². The smallest absolute Gasteiger partial charge is 0.338 e. The first-order valence-electron chi connectivity index (χ1n) is 13.4. The number of aromatic nitrogens is 4. The quantitative estimate of drug-likeness (QED) is 0.238. The number of ether oxygens (including phenoxy) is 1. The molecule has 0 radical (unpaired) electrons. The van der Waals surface area contributed by atoms with E-state index >= 15 is 4.39 Å². The van der Waals surface area contributed by atoms with Crippen molar-refractivity contribution in [3.05, 3.63) is 106 Å². The molecule has 0 bridgehead atoms. The van der Waals surface area contributed by atoms with E-state index in [0.29, 0.717) is 23.2 Å². The van der Waals surface area contributed by atoms with Crippen molar-refractivity contribution in [1.82, 2.24) is 25.1 Å². The third kappa shape index (κ3) is 6.62. The second kappa shape index (κ2) is 12.1. The number of carbonyl (C=O) groups excluding carboxylic acids is 3. The molecule has 1 aromatic heterocycles. The molecule has 1 N–H and O–H groups in total. The van der Waals surface area contributed by atoms with Crippen LogP contribution in [0.15, 0.2) is 73.1 Å². The molecule has 0 aliphatic carbocycles. The van der Waals surface area contributed by atoms with E-state index < -0.39 is 35.2 Å².